The zero-order chi connectivity index (χ0) is 14.6. The van der Waals surface area contributed by atoms with Crippen LogP contribution in [0.2, 0.25) is 0 Å². The molecule has 3 N–H and O–H groups in total. The van der Waals surface area contributed by atoms with Crippen LogP contribution in [0.1, 0.15) is 26.7 Å². The Morgan fingerprint density at radius 2 is 2.10 bits per heavy atom. The number of aromatic nitrogens is 1. The highest BCUT2D eigenvalue weighted by atomic mass is 16.5. The van der Waals surface area contributed by atoms with Gasteiger partial charge in [0.25, 0.3) is 0 Å². The molecule has 108 valence electrons. The highest BCUT2D eigenvalue weighted by Crippen LogP contribution is 2.31. The second kappa shape index (κ2) is 6.09. The average molecular weight is 273 g/mol. The van der Waals surface area contributed by atoms with Crippen molar-refractivity contribution in [2.45, 2.75) is 32.2 Å². The van der Waals surface area contributed by atoms with Gasteiger partial charge in [-0.1, -0.05) is 19.1 Å². The molecule has 0 aliphatic carbocycles. The number of methoxy groups -OCH3 is 1. The van der Waals surface area contributed by atoms with Gasteiger partial charge in [-0.15, -0.1) is 0 Å². The Morgan fingerprint density at radius 3 is 2.75 bits per heavy atom. The van der Waals surface area contributed by atoms with Gasteiger partial charge in [-0.05, 0) is 38.4 Å². The Morgan fingerprint density at radius 1 is 1.30 bits per heavy atom. The summed E-state index contributed by atoms with van der Waals surface area (Å²) in [6, 6.07) is 7.99. The predicted octanol–water partition coefficient (Wildman–Crippen LogP) is 3.17. The molecule has 0 aliphatic heterocycles. The molecule has 1 atom stereocenters. The minimum atomic E-state index is -0.0425. The van der Waals surface area contributed by atoms with Crippen LogP contribution in [0.15, 0.2) is 30.5 Å². The van der Waals surface area contributed by atoms with Crippen molar-refractivity contribution in [3.8, 4) is 5.75 Å². The number of hydrogen-bond donors (Lipinski definition) is 2. The highest BCUT2D eigenvalue weighted by molar-refractivity contribution is 5.96. The molecule has 1 unspecified atom stereocenters. The number of benzene rings is 1. The van der Waals surface area contributed by atoms with E-state index in [1.54, 1.807) is 7.11 Å². The molecular formula is C16H23N3O. The van der Waals surface area contributed by atoms with Crippen LogP contribution in [0.5, 0.6) is 5.75 Å². The first-order valence-corrected chi connectivity index (χ1v) is 7.03. The molecule has 4 nitrogen and oxygen atoms in total. The van der Waals surface area contributed by atoms with Crippen LogP contribution in [-0.4, -0.2) is 24.2 Å². The average Bonchev–Trinajstić information content (AvgIpc) is 2.47. The second-order valence-corrected chi connectivity index (χ2v) is 5.29. The van der Waals surface area contributed by atoms with E-state index >= 15 is 0 Å². The van der Waals surface area contributed by atoms with Crippen molar-refractivity contribution in [1.82, 2.24) is 4.98 Å². The first-order valence-electron chi connectivity index (χ1n) is 7.03. The summed E-state index contributed by atoms with van der Waals surface area (Å²) in [5, 5.41) is 5.69. The lowest BCUT2D eigenvalue weighted by molar-refractivity contribution is 0.420. The Labute approximate surface area is 120 Å². The number of nitrogens with zero attached hydrogens (tertiary/aromatic N) is 1. The molecule has 0 saturated carbocycles. The molecule has 1 aromatic heterocycles. The number of nitrogens with one attached hydrogen (secondary N) is 1. The van der Waals surface area contributed by atoms with E-state index in [2.05, 4.69) is 30.2 Å². The fourth-order valence-corrected chi connectivity index (χ4v) is 2.39. The molecule has 1 heterocycles. The Kier molecular flexibility index (Phi) is 4.45. The molecule has 0 spiro atoms. The van der Waals surface area contributed by atoms with Gasteiger partial charge in [0, 0.05) is 22.5 Å². The third kappa shape index (κ3) is 2.85. The maximum absolute atomic E-state index is 5.72. The van der Waals surface area contributed by atoms with Gasteiger partial charge in [-0.25, -0.2) is 4.98 Å². The zero-order valence-corrected chi connectivity index (χ0v) is 12.4. The van der Waals surface area contributed by atoms with Crippen LogP contribution in [0.3, 0.4) is 0 Å². The Bertz CT molecular complexity index is 585. The molecule has 2 rings (SSSR count). The number of ether oxygens (including phenoxy) is 1. The number of nitrogens with two attached hydrogens (primary N) is 1. The number of pyridine rings is 1. The predicted molar refractivity (Wildman–Crippen MR) is 84.3 cm³/mol. The standard InChI is InChI=1S/C16H23N3O/c1-4-16(2,9-10-17)19-15-13-6-5-7-14(20-3)12(13)8-11-18-15/h5-8,11H,4,9-10,17H2,1-3H3,(H,18,19). The van der Waals surface area contributed by atoms with E-state index in [1.165, 1.54) is 0 Å². The molecule has 1 aromatic carbocycles. The molecule has 0 bridgehead atoms. The lowest BCUT2D eigenvalue weighted by Crippen LogP contribution is -2.36. The summed E-state index contributed by atoms with van der Waals surface area (Å²) in [5.41, 5.74) is 5.68. The number of anilines is 1. The molecule has 4 heteroatoms. The fourth-order valence-electron chi connectivity index (χ4n) is 2.39. The van der Waals surface area contributed by atoms with Crippen LogP contribution in [0.4, 0.5) is 5.82 Å². The molecule has 0 radical (unpaired) electrons. The van der Waals surface area contributed by atoms with Crippen molar-refractivity contribution in [1.29, 1.82) is 0 Å². The maximum atomic E-state index is 5.72. The quantitative estimate of drug-likeness (QED) is 0.848. The van der Waals surface area contributed by atoms with Crippen molar-refractivity contribution >= 4 is 16.6 Å². The van der Waals surface area contributed by atoms with Gasteiger partial charge in [-0.3, -0.25) is 0 Å². The lowest BCUT2D eigenvalue weighted by atomic mass is 9.94. The van der Waals surface area contributed by atoms with Gasteiger partial charge in [0.05, 0.1) is 7.11 Å². The normalized spacial score (nSPS) is 14.0. The summed E-state index contributed by atoms with van der Waals surface area (Å²) < 4.78 is 5.41. The van der Waals surface area contributed by atoms with Crippen molar-refractivity contribution in [3.05, 3.63) is 30.5 Å². The Balaban J connectivity index is 2.45. The summed E-state index contributed by atoms with van der Waals surface area (Å²) in [7, 11) is 1.69. The lowest BCUT2D eigenvalue weighted by Gasteiger charge is -2.30. The van der Waals surface area contributed by atoms with E-state index in [1.807, 2.05) is 24.4 Å². The minimum Gasteiger partial charge on any atom is -0.496 e. The molecule has 20 heavy (non-hydrogen) atoms. The fraction of sp³-hybridized carbons (Fsp3) is 0.438. The number of rotatable bonds is 6. The van der Waals surface area contributed by atoms with Crippen molar-refractivity contribution in [3.63, 3.8) is 0 Å². The van der Waals surface area contributed by atoms with E-state index in [0.717, 1.165) is 35.2 Å². The van der Waals surface area contributed by atoms with Gasteiger partial charge in [0.15, 0.2) is 0 Å². The summed E-state index contributed by atoms with van der Waals surface area (Å²) in [5.74, 6) is 1.75. The van der Waals surface area contributed by atoms with Gasteiger partial charge in [0.1, 0.15) is 11.6 Å². The zero-order valence-electron chi connectivity index (χ0n) is 12.4. The van der Waals surface area contributed by atoms with Gasteiger partial charge < -0.3 is 15.8 Å². The van der Waals surface area contributed by atoms with Crippen molar-refractivity contribution in [2.24, 2.45) is 5.73 Å². The molecule has 0 aliphatic rings. The third-order valence-corrected chi connectivity index (χ3v) is 3.88. The van der Waals surface area contributed by atoms with Gasteiger partial charge >= 0.3 is 0 Å². The smallest absolute Gasteiger partial charge is 0.134 e. The minimum absolute atomic E-state index is 0.0425. The third-order valence-electron chi connectivity index (χ3n) is 3.88. The van der Waals surface area contributed by atoms with Gasteiger partial charge in [0.2, 0.25) is 0 Å². The van der Waals surface area contributed by atoms with Crippen LogP contribution in [-0.2, 0) is 0 Å². The van der Waals surface area contributed by atoms with E-state index in [9.17, 15) is 0 Å². The monoisotopic (exact) mass is 273 g/mol. The highest BCUT2D eigenvalue weighted by Gasteiger charge is 2.22. The van der Waals surface area contributed by atoms with E-state index in [4.69, 9.17) is 10.5 Å². The molecule has 0 saturated heterocycles. The first kappa shape index (κ1) is 14.6. The summed E-state index contributed by atoms with van der Waals surface area (Å²) in [6.45, 7) is 5.00. The topological polar surface area (TPSA) is 60.2 Å². The van der Waals surface area contributed by atoms with E-state index in [0.29, 0.717) is 6.54 Å². The molecule has 0 fully saturated rings. The largest absolute Gasteiger partial charge is 0.496 e. The molecular weight excluding hydrogens is 250 g/mol. The maximum Gasteiger partial charge on any atom is 0.134 e. The van der Waals surface area contributed by atoms with E-state index in [-0.39, 0.29) is 5.54 Å². The van der Waals surface area contributed by atoms with Gasteiger partial charge in [-0.2, -0.15) is 0 Å². The van der Waals surface area contributed by atoms with Crippen LogP contribution in [0.25, 0.3) is 10.8 Å². The van der Waals surface area contributed by atoms with Crippen LogP contribution >= 0.6 is 0 Å². The molecule has 2 aromatic rings. The molecule has 0 amide bonds. The SMILES string of the molecule is CCC(C)(CCN)Nc1nccc2c(OC)cccc12. The summed E-state index contributed by atoms with van der Waals surface area (Å²) in [6.07, 6.45) is 3.71. The summed E-state index contributed by atoms with van der Waals surface area (Å²) in [4.78, 5) is 4.49. The first-order chi connectivity index (χ1) is 9.63. The number of fused-ring (bicyclic) bond motifs is 1. The van der Waals surface area contributed by atoms with E-state index < -0.39 is 0 Å². The van der Waals surface area contributed by atoms with Crippen LogP contribution < -0.4 is 15.8 Å². The summed E-state index contributed by atoms with van der Waals surface area (Å²) >= 11 is 0. The second-order valence-electron chi connectivity index (χ2n) is 5.29. The number of hydrogen-bond acceptors (Lipinski definition) is 4. The Hall–Kier alpha value is -1.81. The van der Waals surface area contributed by atoms with Crippen LogP contribution in [0, 0.1) is 0 Å². The van der Waals surface area contributed by atoms with Crippen molar-refractivity contribution < 1.29 is 4.74 Å². The van der Waals surface area contributed by atoms with Crippen molar-refractivity contribution in [2.75, 3.05) is 19.0 Å².